The highest BCUT2D eigenvalue weighted by Gasteiger charge is 2.20. The number of nitrogens with one attached hydrogen (secondary N) is 1. The van der Waals surface area contributed by atoms with E-state index in [1.165, 1.54) is 11.8 Å². The van der Waals surface area contributed by atoms with Crippen LogP contribution in [0.4, 0.5) is 0 Å². The Morgan fingerprint density at radius 1 is 1.30 bits per heavy atom. The number of benzene rings is 1. The highest BCUT2D eigenvalue weighted by Crippen LogP contribution is 2.27. The standard InChI is InChI=1S/C19H22N4O3S/c1-12-16(9-10-26-12)17-21-22-19(23(17)3)27-13(2)18(24)20-11-14-5-7-15(25-4)8-6-14/h5-10,13H,11H2,1-4H3,(H,20,24). The van der Waals surface area contributed by atoms with Crippen LogP contribution in [0.2, 0.25) is 0 Å². The summed E-state index contributed by atoms with van der Waals surface area (Å²) >= 11 is 1.37. The Bertz CT molecular complexity index is 917. The zero-order valence-electron chi connectivity index (χ0n) is 15.7. The minimum absolute atomic E-state index is 0.0557. The van der Waals surface area contributed by atoms with E-state index in [2.05, 4.69) is 15.5 Å². The summed E-state index contributed by atoms with van der Waals surface area (Å²) in [4.78, 5) is 12.4. The Morgan fingerprint density at radius 3 is 2.67 bits per heavy atom. The second-order valence-electron chi connectivity index (χ2n) is 6.08. The van der Waals surface area contributed by atoms with Gasteiger partial charge in [-0.3, -0.25) is 4.79 Å². The third kappa shape index (κ3) is 4.33. The molecule has 0 saturated carbocycles. The van der Waals surface area contributed by atoms with Crippen molar-refractivity contribution in [2.45, 2.75) is 30.8 Å². The molecule has 1 N–H and O–H groups in total. The molecule has 0 saturated heterocycles. The number of aryl methyl sites for hydroxylation is 1. The van der Waals surface area contributed by atoms with Gasteiger partial charge in [-0.25, -0.2) is 0 Å². The summed E-state index contributed by atoms with van der Waals surface area (Å²) in [6.07, 6.45) is 1.63. The molecule has 7 nitrogen and oxygen atoms in total. The number of carbonyl (C=O) groups is 1. The van der Waals surface area contributed by atoms with E-state index in [1.54, 1.807) is 13.4 Å². The Kier molecular flexibility index (Phi) is 5.85. The van der Waals surface area contributed by atoms with E-state index >= 15 is 0 Å². The minimum Gasteiger partial charge on any atom is -0.497 e. The maximum Gasteiger partial charge on any atom is 0.233 e. The third-order valence-electron chi connectivity index (χ3n) is 4.21. The van der Waals surface area contributed by atoms with Crippen molar-refractivity contribution < 1.29 is 13.9 Å². The molecule has 0 radical (unpaired) electrons. The summed E-state index contributed by atoms with van der Waals surface area (Å²) in [6.45, 7) is 4.20. The van der Waals surface area contributed by atoms with Crippen LogP contribution in [0.25, 0.3) is 11.4 Å². The van der Waals surface area contributed by atoms with Crippen molar-refractivity contribution in [2.75, 3.05) is 7.11 Å². The number of furan rings is 1. The van der Waals surface area contributed by atoms with Gasteiger partial charge in [-0.15, -0.1) is 10.2 Å². The zero-order valence-corrected chi connectivity index (χ0v) is 16.5. The van der Waals surface area contributed by atoms with Crippen LogP contribution < -0.4 is 10.1 Å². The molecular weight excluding hydrogens is 364 g/mol. The number of ether oxygens (including phenoxy) is 1. The SMILES string of the molecule is COc1ccc(CNC(=O)C(C)Sc2nnc(-c3ccoc3C)n2C)cc1. The first-order valence-electron chi connectivity index (χ1n) is 8.50. The second-order valence-corrected chi connectivity index (χ2v) is 7.39. The first kappa shape index (κ1) is 19.0. The zero-order chi connectivity index (χ0) is 19.4. The fourth-order valence-electron chi connectivity index (χ4n) is 2.56. The Hall–Kier alpha value is -2.74. The number of amides is 1. The van der Waals surface area contributed by atoms with Crippen LogP contribution in [0.5, 0.6) is 5.75 Å². The van der Waals surface area contributed by atoms with Gasteiger partial charge in [-0.05, 0) is 37.6 Å². The quantitative estimate of drug-likeness (QED) is 0.628. The summed E-state index contributed by atoms with van der Waals surface area (Å²) < 4.78 is 12.3. The van der Waals surface area contributed by atoms with E-state index in [0.29, 0.717) is 11.7 Å². The van der Waals surface area contributed by atoms with Gasteiger partial charge < -0.3 is 19.0 Å². The van der Waals surface area contributed by atoms with Crippen molar-refractivity contribution in [1.29, 1.82) is 0 Å². The van der Waals surface area contributed by atoms with Crippen LogP contribution in [0, 0.1) is 6.92 Å². The molecule has 8 heteroatoms. The lowest BCUT2D eigenvalue weighted by Crippen LogP contribution is -2.30. The van der Waals surface area contributed by atoms with E-state index in [0.717, 1.165) is 28.5 Å². The molecule has 1 atom stereocenters. The van der Waals surface area contributed by atoms with E-state index < -0.39 is 0 Å². The summed E-state index contributed by atoms with van der Waals surface area (Å²) in [5, 5.41) is 11.8. The van der Waals surface area contributed by atoms with Gasteiger partial charge in [-0.2, -0.15) is 0 Å². The van der Waals surface area contributed by atoms with Gasteiger partial charge >= 0.3 is 0 Å². The number of aromatic nitrogens is 3. The van der Waals surface area contributed by atoms with E-state index in [9.17, 15) is 4.79 Å². The largest absolute Gasteiger partial charge is 0.497 e. The van der Waals surface area contributed by atoms with Crippen molar-refractivity contribution >= 4 is 17.7 Å². The first-order valence-corrected chi connectivity index (χ1v) is 9.38. The van der Waals surface area contributed by atoms with Crippen molar-refractivity contribution in [3.8, 4) is 17.1 Å². The highest BCUT2D eigenvalue weighted by atomic mass is 32.2. The monoisotopic (exact) mass is 386 g/mol. The molecule has 3 aromatic rings. The summed E-state index contributed by atoms with van der Waals surface area (Å²) in [7, 11) is 3.51. The molecule has 0 aliphatic carbocycles. The molecule has 0 fully saturated rings. The number of rotatable bonds is 7. The molecule has 2 aromatic heterocycles. The van der Waals surface area contributed by atoms with Crippen molar-refractivity contribution in [3.63, 3.8) is 0 Å². The lowest BCUT2D eigenvalue weighted by molar-refractivity contribution is -0.120. The van der Waals surface area contributed by atoms with Gasteiger partial charge in [0.2, 0.25) is 5.91 Å². The fraction of sp³-hybridized carbons (Fsp3) is 0.316. The van der Waals surface area contributed by atoms with E-state index in [4.69, 9.17) is 9.15 Å². The number of hydrogen-bond donors (Lipinski definition) is 1. The van der Waals surface area contributed by atoms with Crippen molar-refractivity contribution in [2.24, 2.45) is 7.05 Å². The Labute approximate surface area is 162 Å². The van der Waals surface area contributed by atoms with Gasteiger partial charge in [0.15, 0.2) is 11.0 Å². The van der Waals surface area contributed by atoms with Gasteiger partial charge in [0.05, 0.1) is 24.2 Å². The molecule has 0 spiro atoms. The molecule has 27 heavy (non-hydrogen) atoms. The average molecular weight is 386 g/mol. The lowest BCUT2D eigenvalue weighted by Gasteiger charge is -2.12. The van der Waals surface area contributed by atoms with Crippen LogP contribution >= 0.6 is 11.8 Å². The predicted octanol–water partition coefficient (Wildman–Crippen LogP) is 3.19. The molecule has 0 bridgehead atoms. The van der Waals surface area contributed by atoms with Crippen LogP contribution in [-0.2, 0) is 18.4 Å². The summed E-state index contributed by atoms with van der Waals surface area (Å²) in [6, 6.07) is 9.47. The topological polar surface area (TPSA) is 82.2 Å². The molecule has 142 valence electrons. The number of thioether (sulfide) groups is 1. The number of nitrogens with zero attached hydrogens (tertiary/aromatic N) is 3. The molecular formula is C19H22N4O3S. The molecule has 3 rings (SSSR count). The van der Waals surface area contributed by atoms with Crippen LogP contribution in [0.15, 0.2) is 46.2 Å². The van der Waals surface area contributed by atoms with Crippen LogP contribution in [-0.4, -0.2) is 33.0 Å². The number of carbonyl (C=O) groups excluding carboxylic acids is 1. The predicted molar refractivity (Wildman–Crippen MR) is 104 cm³/mol. The molecule has 1 aromatic carbocycles. The van der Waals surface area contributed by atoms with Crippen molar-refractivity contribution in [1.82, 2.24) is 20.1 Å². The van der Waals surface area contributed by atoms with Crippen LogP contribution in [0.1, 0.15) is 18.2 Å². The van der Waals surface area contributed by atoms with E-state index in [1.807, 2.05) is 55.8 Å². The fourth-order valence-corrected chi connectivity index (χ4v) is 3.40. The van der Waals surface area contributed by atoms with Gasteiger partial charge in [0.1, 0.15) is 11.5 Å². The normalized spacial score (nSPS) is 12.0. The number of methoxy groups -OCH3 is 1. The lowest BCUT2D eigenvalue weighted by atomic mass is 10.2. The molecule has 2 heterocycles. The van der Waals surface area contributed by atoms with Gasteiger partial charge in [0, 0.05) is 13.6 Å². The first-order chi connectivity index (χ1) is 13.0. The van der Waals surface area contributed by atoms with Gasteiger partial charge in [-0.1, -0.05) is 23.9 Å². The third-order valence-corrected chi connectivity index (χ3v) is 5.35. The second kappa shape index (κ2) is 8.30. The summed E-state index contributed by atoms with van der Waals surface area (Å²) in [5.41, 5.74) is 1.91. The smallest absolute Gasteiger partial charge is 0.233 e. The van der Waals surface area contributed by atoms with Crippen LogP contribution in [0.3, 0.4) is 0 Å². The highest BCUT2D eigenvalue weighted by molar-refractivity contribution is 8.00. The maximum absolute atomic E-state index is 12.4. The molecule has 1 amide bonds. The maximum atomic E-state index is 12.4. The number of hydrogen-bond acceptors (Lipinski definition) is 6. The molecule has 0 aliphatic heterocycles. The molecule has 1 unspecified atom stereocenters. The van der Waals surface area contributed by atoms with Crippen molar-refractivity contribution in [3.05, 3.63) is 47.9 Å². The van der Waals surface area contributed by atoms with Gasteiger partial charge in [0.25, 0.3) is 0 Å². The Morgan fingerprint density at radius 2 is 2.04 bits per heavy atom. The summed E-state index contributed by atoms with van der Waals surface area (Å²) in [5.74, 6) is 2.24. The Balaban J connectivity index is 1.59. The minimum atomic E-state index is -0.301. The molecule has 0 aliphatic rings. The van der Waals surface area contributed by atoms with E-state index in [-0.39, 0.29) is 11.2 Å². The average Bonchev–Trinajstić information content (AvgIpc) is 3.25.